The molecular weight excluding hydrogens is 294 g/mol. The van der Waals surface area contributed by atoms with Gasteiger partial charge in [0.2, 0.25) is 0 Å². The van der Waals surface area contributed by atoms with Crippen molar-refractivity contribution in [3.05, 3.63) is 39.3 Å². The molecule has 0 spiro atoms. The van der Waals surface area contributed by atoms with E-state index in [9.17, 15) is 19.2 Å². The van der Waals surface area contributed by atoms with Gasteiger partial charge in [-0.25, -0.2) is 19.2 Å². The first-order valence-corrected chi connectivity index (χ1v) is 4.75. The average Bonchev–Trinajstić information content (AvgIpc) is 2.37. The monoisotopic (exact) mass is 301 g/mol. The van der Waals surface area contributed by atoms with E-state index < -0.39 is 46.1 Å². The van der Waals surface area contributed by atoms with Crippen LogP contribution in [0.5, 0.6) is 0 Å². The number of hydrogen-bond acceptors (Lipinski definition) is 6. The molecule has 0 aliphatic heterocycles. The Kier molecular flexibility index (Phi) is 5.98. The molecule has 0 bridgehead atoms. The average molecular weight is 301 g/mol. The third-order valence-corrected chi connectivity index (χ3v) is 2.08. The molecule has 1 aromatic rings. The second-order valence-corrected chi connectivity index (χ2v) is 3.25. The molecule has 0 saturated carbocycles. The topological polar surface area (TPSA) is 199 Å². The van der Waals surface area contributed by atoms with Gasteiger partial charge in [-0.3, -0.25) is 0 Å². The van der Waals surface area contributed by atoms with E-state index in [-0.39, 0.29) is 0 Å². The Labute approximate surface area is 114 Å². The second kappa shape index (κ2) is 7.18. The maximum Gasteiger partial charge on any atom is 0.336 e. The van der Waals surface area contributed by atoms with Gasteiger partial charge in [0.15, 0.2) is 5.34 Å². The molecule has 0 radical (unpaired) electrons. The molecule has 11 heteroatoms. The molecule has 0 fully saturated rings. The van der Waals surface area contributed by atoms with E-state index in [0.29, 0.717) is 12.1 Å². The Hall–Kier alpha value is -3.50. The summed E-state index contributed by atoms with van der Waals surface area (Å²) in [4.78, 5) is 51.2. The second-order valence-electron chi connectivity index (χ2n) is 3.25. The number of carboxylic acid groups (broad SMARTS) is 4. The lowest BCUT2D eigenvalue weighted by atomic mass is 9.98. The number of carbonyl (C=O) groups is 4. The Balaban J connectivity index is 0.00000122. The van der Waals surface area contributed by atoms with Crippen LogP contribution in [0.15, 0.2) is 17.5 Å². The fraction of sp³-hybridized carbons (Fsp3) is 0. The number of rotatable bonds is 4. The lowest BCUT2D eigenvalue weighted by Gasteiger charge is -2.06. The molecule has 0 amide bonds. The number of carboxylic acids is 4. The Morgan fingerprint density at radius 3 is 0.905 bits per heavy atom. The summed E-state index contributed by atoms with van der Waals surface area (Å²) in [6.07, 6.45) is 0. The van der Waals surface area contributed by atoms with Crippen molar-refractivity contribution in [2.45, 2.75) is 0 Å². The summed E-state index contributed by atoms with van der Waals surface area (Å²) < 4.78 is 0. The smallest absolute Gasteiger partial charge is 0.336 e. The Bertz CT molecular complexity index is 522. The van der Waals surface area contributed by atoms with Crippen LogP contribution in [0.2, 0.25) is 0 Å². The van der Waals surface area contributed by atoms with E-state index in [1.807, 2.05) is 0 Å². The summed E-state index contributed by atoms with van der Waals surface area (Å²) in [5.74, 6) is -6.64. The van der Waals surface area contributed by atoms with Crippen LogP contribution < -0.4 is 0 Å². The first-order valence-electron chi connectivity index (χ1n) is 4.75. The van der Waals surface area contributed by atoms with Gasteiger partial charge >= 0.3 is 23.9 Å². The minimum Gasteiger partial charge on any atom is -0.478 e. The highest BCUT2D eigenvalue weighted by Gasteiger charge is 2.24. The summed E-state index contributed by atoms with van der Waals surface area (Å²) in [5, 5.41) is 42.9. The van der Waals surface area contributed by atoms with Gasteiger partial charge in [-0.05, 0) is 12.1 Å². The largest absolute Gasteiger partial charge is 0.478 e. The van der Waals surface area contributed by atoms with E-state index in [1.165, 1.54) is 5.34 Å². The molecule has 11 nitrogen and oxygen atoms in total. The van der Waals surface area contributed by atoms with Crippen molar-refractivity contribution in [3.8, 4) is 0 Å². The minimum absolute atomic E-state index is 0.511. The zero-order valence-corrected chi connectivity index (χ0v) is 9.88. The third kappa shape index (κ3) is 4.27. The SMILES string of the molecule is O=C(O)c1cc(C(=O)O)c(C(=O)O)cc1C(=O)O.O=NO. The molecule has 0 atom stereocenters. The zero-order valence-electron chi connectivity index (χ0n) is 9.88. The van der Waals surface area contributed by atoms with Gasteiger partial charge < -0.3 is 25.6 Å². The van der Waals surface area contributed by atoms with E-state index in [1.54, 1.807) is 0 Å². The van der Waals surface area contributed by atoms with E-state index in [0.717, 1.165) is 0 Å². The first-order chi connectivity index (χ1) is 9.67. The van der Waals surface area contributed by atoms with Crippen LogP contribution in [-0.2, 0) is 0 Å². The molecule has 1 rings (SSSR count). The highest BCUT2D eigenvalue weighted by atomic mass is 16.6. The van der Waals surface area contributed by atoms with Gasteiger partial charge in [0, 0.05) is 0 Å². The number of benzene rings is 1. The number of aromatic carboxylic acids is 4. The lowest BCUT2D eigenvalue weighted by molar-refractivity contribution is 0.0637. The lowest BCUT2D eigenvalue weighted by Crippen LogP contribution is -2.15. The highest BCUT2D eigenvalue weighted by Crippen LogP contribution is 2.18. The predicted molar refractivity (Wildman–Crippen MR) is 61.9 cm³/mol. The number of hydrogen-bond donors (Lipinski definition) is 5. The molecule has 112 valence electrons. The minimum atomic E-state index is -1.66. The van der Waals surface area contributed by atoms with E-state index in [4.69, 9.17) is 30.5 Å². The Morgan fingerprint density at radius 1 is 0.667 bits per heavy atom. The molecule has 1 aromatic carbocycles. The summed E-state index contributed by atoms with van der Waals surface area (Å²) in [7, 11) is 0. The molecule has 5 N–H and O–H groups in total. The van der Waals surface area contributed by atoms with Crippen molar-refractivity contribution in [2.75, 3.05) is 0 Å². The van der Waals surface area contributed by atoms with Crippen LogP contribution in [0.1, 0.15) is 41.4 Å². The normalized spacial score (nSPS) is 8.95. The summed E-state index contributed by atoms with van der Waals surface area (Å²) in [6.45, 7) is 0. The van der Waals surface area contributed by atoms with Crippen LogP contribution in [0, 0.1) is 4.91 Å². The molecule has 0 aliphatic rings. The van der Waals surface area contributed by atoms with Gasteiger partial charge in [0.1, 0.15) is 0 Å². The van der Waals surface area contributed by atoms with Gasteiger partial charge in [-0.1, -0.05) is 0 Å². The maximum atomic E-state index is 10.8. The molecular formula is C10H7NO10. The standard InChI is InChI=1S/C10H6O8.HNO2/c11-7(12)3-1-4(8(13)14)6(10(17)18)2-5(3)9(15)16;2-1-3/h1-2H,(H,11,12)(H,13,14)(H,15,16)(H,17,18);(H,2,3). The molecule has 0 unspecified atom stereocenters. The maximum absolute atomic E-state index is 10.8. The van der Waals surface area contributed by atoms with Crippen LogP contribution in [0.3, 0.4) is 0 Å². The van der Waals surface area contributed by atoms with E-state index >= 15 is 0 Å². The van der Waals surface area contributed by atoms with Crippen LogP contribution in [0.25, 0.3) is 0 Å². The van der Waals surface area contributed by atoms with Crippen LogP contribution in [0.4, 0.5) is 0 Å². The first kappa shape index (κ1) is 17.5. The summed E-state index contributed by atoms with van der Waals surface area (Å²) >= 11 is 0. The van der Waals surface area contributed by atoms with Gasteiger partial charge in [0.05, 0.1) is 22.3 Å². The van der Waals surface area contributed by atoms with E-state index in [2.05, 4.69) is 0 Å². The van der Waals surface area contributed by atoms with Crippen molar-refractivity contribution in [3.63, 3.8) is 0 Å². The highest BCUT2D eigenvalue weighted by molar-refractivity contribution is 6.09. The zero-order chi connectivity index (χ0) is 16.7. The van der Waals surface area contributed by atoms with Gasteiger partial charge in [-0.2, -0.15) is 0 Å². The fourth-order valence-corrected chi connectivity index (χ4v) is 1.31. The van der Waals surface area contributed by atoms with Crippen LogP contribution >= 0.6 is 0 Å². The summed E-state index contributed by atoms with van der Waals surface area (Å²) in [6, 6.07) is 1.02. The van der Waals surface area contributed by atoms with Gasteiger partial charge in [0.25, 0.3) is 0 Å². The third-order valence-electron chi connectivity index (χ3n) is 2.08. The van der Waals surface area contributed by atoms with Crippen molar-refractivity contribution >= 4 is 23.9 Å². The van der Waals surface area contributed by atoms with Crippen molar-refractivity contribution in [1.82, 2.24) is 0 Å². The number of nitrogens with zero attached hydrogens (tertiary/aromatic N) is 1. The predicted octanol–water partition coefficient (Wildman–Crippen LogP) is 0.621. The van der Waals surface area contributed by atoms with Crippen molar-refractivity contribution in [2.24, 2.45) is 5.34 Å². The molecule has 0 heterocycles. The van der Waals surface area contributed by atoms with Gasteiger partial charge in [-0.15, -0.1) is 4.91 Å². The molecule has 0 saturated heterocycles. The van der Waals surface area contributed by atoms with Crippen LogP contribution in [-0.4, -0.2) is 49.5 Å². The molecule has 21 heavy (non-hydrogen) atoms. The fourth-order valence-electron chi connectivity index (χ4n) is 1.31. The summed E-state index contributed by atoms with van der Waals surface area (Å²) in [5.41, 5.74) is -3.15. The van der Waals surface area contributed by atoms with Crippen molar-refractivity contribution in [1.29, 1.82) is 0 Å². The quantitative estimate of drug-likeness (QED) is 0.387. The molecule has 0 aliphatic carbocycles. The molecule has 0 aromatic heterocycles. The van der Waals surface area contributed by atoms with Crippen molar-refractivity contribution < 1.29 is 44.8 Å². The Morgan fingerprint density at radius 2 is 0.810 bits per heavy atom.